The van der Waals surface area contributed by atoms with Crippen LogP contribution in [0.25, 0.3) is 0 Å². The number of hydrogen-bond donors (Lipinski definition) is 1. The molecule has 0 radical (unpaired) electrons. The van der Waals surface area contributed by atoms with Crippen molar-refractivity contribution >= 4 is 5.97 Å². The third-order valence-corrected chi connectivity index (χ3v) is 2.66. The van der Waals surface area contributed by atoms with Crippen LogP contribution in [-0.2, 0) is 9.53 Å². The molecule has 1 N–H and O–H groups in total. The second-order valence-corrected chi connectivity index (χ2v) is 3.85. The van der Waals surface area contributed by atoms with E-state index in [1.54, 1.807) is 0 Å². The Bertz CT molecular complexity index is 272. The molecule has 1 unspecified atom stereocenters. The molecule has 4 heteroatoms. The zero-order valence-corrected chi connectivity index (χ0v) is 9.38. The molecule has 15 heavy (non-hydrogen) atoms. The van der Waals surface area contributed by atoms with Crippen LogP contribution in [0, 0.1) is 12.3 Å². The molecule has 84 valence electrons. The predicted molar refractivity (Wildman–Crippen MR) is 58.3 cm³/mol. The molecule has 1 rings (SSSR count). The molecule has 0 saturated carbocycles. The first-order valence-electron chi connectivity index (χ1n) is 5.19. The van der Waals surface area contributed by atoms with Crippen molar-refractivity contribution in [3.05, 3.63) is 0 Å². The second-order valence-electron chi connectivity index (χ2n) is 3.85. The van der Waals surface area contributed by atoms with E-state index < -0.39 is 5.54 Å². The number of carbonyl (C=O) groups is 1. The molecule has 0 bridgehead atoms. The first-order chi connectivity index (χ1) is 7.14. The van der Waals surface area contributed by atoms with Crippen molar-refractivity contribution in [1.29, 1.82) is 0 Å². The summed E-state index contributed by atoms with van der Waals surface area (Å²) < 4.78 is 5.08. The summed E-state index contributed by atoms with van der Waals surface area (Å²) in [5.41, 5.74) is -0.600. The SMILES string of the molecule is C#CCNC1(C(=O)OCC)CCN(C)C1. The highest BCUT2D eigenvalue weighted by Gasteiger charge is 2.44. The van der Waals surface area contributed by atoms with Crippen LogP contribution in [0.15, 0.2) is 0 Å². The van der Waals surface area contributed by atoms with Crippen molar-refractivity contribution in [3.8, 4) is 12.3 Å². The van der Waals surface area contributed by atoms with Crippen LogP contribution in [0.2, 0.25) is 0 Å². The van der Waals surface area contributed by atoms with Crippen LogP contribution < -0.4 is 5.32 Å². The normalized spacial score (nSPS) is 26.2. The van der Waals surface area contributed by atoms with Gasteiger partial charge in [0.2, 0.25) is 0 Å². The minimum absolute atomic E-state index is 0.190. The predicted octanol–water partition coefficient (Wildman–Crippen LogP) is -0.153. The number of esters is 1. The molecule has 1 heterocycles. The maximum atomic E-state index is 11.8. The summed E-state index contributed by atoms with van der Waals surface area (Å²) in [7, 11) is 1.98. The van der Waals surface area contributed by atoms with E-state index >= 15 is 0 Å². The van der Waals surface area contributed by atoms with Crippen LogP contribution in [0.3, 0.4) is 0 Å². The van der Waals surface area contributed by atoms with E-state index in [4.69, 9.17) is 11.2 Å². The van der Waals surface area contributed by atoms with Gasteiger partial charge in [-0.15, -0.1) is 6.42 Å². The van der Waals surface area contributed by atoms with Crippen LogP contribution >= 0.6 is 0 Å². The molecular formula is C11H18N2O2. The molecular weight excluding hydrogens is 192 g/mol. The Morgan fingerprint density at radius 3 is 2.93 bits per heavy atom. The number of hydrogen-bond acceptors (Lipinski definition) is 4. The van der Waals surface area contributed by atoms with Crippen molar-refractivity contribution in [1.82, 2.24) is 10.2 Å². The fourth-order valence-corrected chi connectivity index (χ4v) is 1.87. The van der Waals surface area contributed by atoms with Gasteiger partial charge < -0.3 is 9.64 Å². The maximum absolute atomic E-state index is 11.8. The van der Waals surface area contributed by atoms with Crippen molar-refractivity contribution in [3.63, 3.8) is 0 Å². The molecule has 4 nitrogen and oxygen atoms in total. The zero-order chi connectivity index (χ0) is 11.3. The summed E-state index contributed by atoms with van der Waals surface area (Å²) in [6, 6.07) is 0. The number of likely N-dealkylation sites (N-methyl/N-ethyl adjacent to an activating group) is 1. The number of nitrogens with zero attached hydrogens (tertiary/aromatic N) is 1. The van der Waals surface area contributed by atoms with E-state index in [2.05, 4.69) is 16.1 Å². The lowest BCUT2D eigenvalue weighted by Crippen LogP contribution is -2.54. The number of carbonyl (C=O) groups excluding carboxylic acids is 1. The summed E-state index contributed by atoms with van der Waals surface area (Å²) >= 11 is 0. The molecule has 0 spiro atoms. The summed E-state index contributed by atoms with van der Waals surface area (Å²) in [4.78, 5) is 13.9. The number of terminal acetylenes is 1. The Kier molecular flexibility index (Phi) is 4.13. The molecule has 0 aromatic heterocycles. The largest absolute Gasteiger partial charge is 0.465 e. The lowest BCUT2D eigenvalue weighted by atomic mass is 9.99. The van der Waals surface area contributed by atoms with E-state index in [0.717, 1.165) is 13.0 Å². The van der Waals surface area contributed by atoms with Gasteiger partial charge in [0.05, 0.1) is 13.2 Å². The Labute approximate surface area is 91.0 Å². The molecule has 1 fully saturated rings. The van der Waals surface area contributed by atoms with Gasteiger partial charge in [-0.1, -0.05) is 5.92 Å². The zero-order valence-electron chi connectivity index (χ0n) is 9.38. The van der Waals surface area contributed by atoms with Crippen LogP contribution in [0.4, 0.5) is 0 Å². The van der Waals surface area contributed by atoms with E-state index in [9.17, 15) is 4.79 Å². The van der Waals surface area contributed by atoms with Gasteiger partial charge in [0, 0.05) is 13.1 Å². The average molecular weight is 210 g/mol. The lowest BCUT2D eigenvalue weighted by molar-refractivity contribution is -0.150. The molecule has 1 atom stereocenters. The van der Waals surface area contributed by atoms with E-state index in [0.29, 0.717) is 19.7 Å². The summed E-state index contributed by atoms with van der Waals surface area (Å²) in [6.07, 6.45) is 5.95. The van der Waals surface area contributed by atoms with Gasteiger partial charge >= 0.3 is 5.97 Å². The maximum Gasteiger partial charge on any atom is 0.327 e. The second kappa shape index (κ2) is 5.15. The molecule has 0 aromatic rings. The summed E-state index contributed by atoms with van der Waals surface area (Å²) in [5.74, 6) is 2.30. The van der Waals surface area contributed by atoms with Crippen molar-refractivity contribution in [2.45, 2.75) is 18.9 Å². The molecule has 0 aromatic carbocycles. The van der Waals surface area contributed by atoms with Crippen LogP contribution in [-0.4, -0.2) is 49.7 Å². The Morgan fingerprint density at radius 2 is 2.47 bits per heavy atom. The first-order valence-corrected chi connectivity index (χ1v) is 5.19. The molecule has 0 amide bonds. The van der Waals surface area contributed by atoms with E-state index in [-0.39, 0.29) is 5.97 Å². The summed E-state index contributed by atoms with van der Waals surface area (Å²) in [6.45, 7) is 4.16. The minimum Gasteiger partial charge on any atom is -0.465 e. The van der Waals surface area contributed by atoms with Crippen molar-refractivity contribution < 1.29 is 9.53 Å². The highest BCUT2D eigenvalue weighted by Crippen LogP contribution is 2.21. The fourth-order valence-electron chi connectivity index (χ4n) is 1.87. The van der Waals surface area contributed by atoms with Gasteiger partial charge in [-0.05, 0) is 20.4 Å². The topological polar surface area (TPSA) is 41.6 Å². The Balaban J connectivity index is 2.69. The number of nitrogens with one attached hydrogen (secondary N) is 1. The average Bonchev–Trinajstić information content (AvgIpc) is 2.59. The van der Waals surface area contributed by atoms with Crippen molar-refractivity contribution in [2.24, 2.45) is 0 Å². The number of likely N-dealkylation sites (tertiary alicyclic amines) is 1. The third-order valence-electron chi connectivity index (χ3n) is 2.66. The van der Waals surface area contributed by atoms with Gasteiger partial charge in [0.1, 0.15) is 5.54 Å². The lowest BCUT2D eigenvalue weighted by Gasteiger charge is -2.26. The standard InChI is InChI=1S/C11H18N2O2/c1-4-7-12-11(10(14)15-5-2)6-8-13(3)9-11/h1,12H,5-9H2,2-3H3. The van der Waals surface area contributed by atoms with Crippen LogP contribution in [0.1, 0.15) is 13.3 Å². The quantitative estimate of drug-likeness (QED) is 0.517. The highest BCUT2D eigenvalue weighted by molar-refractivity contribution is 5.81. The van der Waals surface area contributed by atoms with Gasteiger partial charge in [0.25, 0.3) is 0 Å². The molecule has 1 aliphatic rings. The fraction of sp³-hybridized carbons (Fsp3) is 0.727. The molecule has 0 aliphatic carbocycles. The minimum atomic E-state index is -0.600. The van der Waals surface area contributed by atoms with Gasteiger partial charge in [-0.25, -0.2) is 4.79 Å². The Morgan fingerprint density at radius 1 is 1.73 bits per heavy atom. The monoisotopic (exact) mass is 210 g/mol. The first kappa shape index (κ1) is 12.0. The smallest absolute Gasteiger partial charge is 0.327 e. The van der Waals surface area contributed by atoms with E-state index in [1.807, 2.05) is 14.0 Å². The highest BCUT2D eigenvalue weighted by atomic mass is 16.5. The Hall–Kier alpha value is -1.05. The van der Waals surface area contributed by atoms with E-state index in [1.165, 1.54) is 0 Å². The van der Waals surface area contributed by atoms with Gasteiger partial charge in [-0.3, -0.25) is 5.32 Å². The number of ether oxygens (including phenoxy) is 1. The molecule has 1 aliphatic heterocycles. The number of rotatable bonds is 4. The molecule has 1 saturated heterocycles. The summed E-state index contributed by atoms with van der Waals surface area (Å²) in [5, 5.41) is 3.11. The van der Waals surface area contributed by atoms with Gasteiger partial charge in [-0.2, -0.15) is 0 Å². The third kappa shape index (κ3) is 2.71. The van der Waals surface area contributed by atoms with Crippen molar-refractivity contribution in [2.75, 3.05) is 33.3 Å². The van der Waals surface area contributed by atoms with Gasteiger partial charge in [0.15, 0.2) is 0 Å². The van der Waals surface area contributed by atoms with Crippen LogP contribution in [0.5, 0.6) is 0 Å².